The molecule has 1 heterocycles. The van der Waals surface area contributed by atoms with E-state index in [0.29, 0.717) is 13.0 Å². The number of rotatable bonds is 14. The Balaban J connectivity index is 2.01. The molecule has 0 unspecified atom stereocenters. The van der Waals surface area contributed by atoms with Crippen LogP contribution in [0.2, 0.25) is 0 Å². The van der Waals surface area contributed by atoms with Crippen molar-refractivity contribution >= 4 is 17.7 Å². The Morgan fingerprint density at radius 3 is 2.44 bits per heavy atom. The lowest BCUT2D eigenvalue weighted by molar-refractivity contribution is -0.167. The largest absolute Gasteiger partial charge is 0.353 e. The molecule has 10 heteroatoms. The molecule has 0 radical (unpaired) electrons. The van der Waals surface area contributed by atoms with Crippen molar-refractivity contribution in [1.29, 1.82) is 0 Å². The second-order valence-corrected chi connectivity index (χ2v) is 11.0. The van der Waals surface area contributed by atoms with E-state index in [1.807, 2.05) is 6.92 Å². The molecule has 2 atom stereocenters. The zero-order valence-electron chi connectivity index (χ0n) is 19.1. The van der Waals surface area contributed by atoms with Gasteiger partial charge in [-0.05, 0) is 58.6 Å². The maximum atomic E-state index is 12.7. The summed E-state index contributed by atoms with van der Waals surface area (Å²) in [6.45, 7) is 6.74. The van der Waals surface area contributed by atoms with Crippen LogP contribution in [0.1, 0.15) is 45.1 Å². The average molecular weight is 491 g/mol. The topological polar surface area (TPSA) is 97.4 Å². The van der Waals surface area contributed by atoms with Crippen LogP contribution >= 0.6 is 7.60 Å². The van der Waals surface area contributed by atoms with Gasteiger partial charge in [0.25, 0.3) is 10.1 Å². The van der Waals surface area contributed by atoms with Crippen molar-refractivity contribution in [3.05, 3.63) is 41.7 Å². The third kappa shape index (κ3) is 9.43. The van der Waals surface area contributed by atoms with Crippen LogP contribution in [-0.2, 0) is 37.4 Å². The Kier molecular flexibility index (Phi) is 11.6. The van der Waals surface area contributed by atoms with Crippen molar-refractivity contribution in [1.82, 2.24) is 0 Å². The van der Waals surface area contributed by atoms with Gasteiger partial charge in [0.2, 0.25) is 0 Å². The van der Waals surface area contributed by atoms with E-state index in [2.05, 4.69) is 0 Å². The van der Waals surface area contributed by atoms with Crippen LogP contribution in [0, 0.1) is 12.8 Å². The van der Waals surface area contributed by atoms with Crippen molar-refractivity contribution in [3.8, 4) is 0 Å². The first-order valence-electron chi connectivity index (χ1n) is 11.1. The molecule has 0 bridgehead atoms. The molecule has 1 aromatic rings. The Morgan fingerprint density at radius 1 is 1.16 bits per heavy atom. The third-order valence-corrected chi connectivity index (χ3v) is 7.93. The van der Waals surface area contributed by atoms with Crippen LogP contribution in [0.25, 0.3) is 0 Å². The Bertz CT molecular complexity index is 837. The summed E-state index contributed by atoms with van der Waals surface area (Å²) in [7, 11) is -7.24. The van der Waals surface area contributed by atoms with Crippen LogP contribution in [0.4, 0.5) is 0 Å². The highest BCUT2D eigenvalue weighted by Crippen LogP contribution is 2.49. The fourth-order valence-electron chi connectivity index (χ4n) is 3.10. The predicted molar refractivity (Wildman–Crippen MR) is 122 cm³/mol. The average Bonchev–Trinajstić information content (AvgIpc) is 2.76. The molecule has 0 aliphatic carbocycles. The normalized spacial score (nSPS) is 18.8. The van der Waals surface area contributed by atoms with Gasteiger partial charge in [-0.15, -0.1) is 0 Å². The van der Waals surface area contributed by atoms with E-state index in [9.17, 15) is 13.0 Å². The lowest BCUT2D eigenvalue weighted by Gasteiger charge is -2.24. The van der Waals surface area contributed by atoms with Crippen molar-refractivity contribution in [2.24, 2.45) is 5.92 Å². The minimum atomic E-state index is -3.86. The summed E-state index contributed by atoms with van der Waals surface area (Å²) in [5.41, 5.74) is 0.962. The second kappa shape index (κ2) is 13.6. The first kappa shape index (κ1) is 27.2. The molecule has 1 aliphatic heterocycles. The van der Waals surface area contributed by atoms with Crippen molar-refractivity contribution in [2.45, 2.75) is 57.6 Å². The minimum absolute atomic E-state index is 0.0479. The van der Waals surface area contributed by atoms with Gasteiger partial charge in [0.15, 0.2) is 6.29 Å². The lowest BCUT2D eigenvalue weighted by atomic mass is 10.1. The zero-order chi connectivity index (χ0) is 23.5. The molecule has 0 aromatic heterocycles. The Hall–Kier alpha value is -1.06. The SMILES string of the molecule is CCOP(=O)(C=C[C@@H](CCOS(=O)(=O)c1ccc(C)cc1)CO[C@H]1CCCCO1)OCC. The van der Waals surface area contributed by atoms with Gasteiger partial charge in [0.1, 0.15) is 0 Å². The fourth-order valence-corrected chi connectivity index (χ4v) is 5.44. The standard InChI is InChI=1S/C22H35O8PS/c1-4-28-31(23,29-5-2)17-14-20(18-27-22-8-6-7-15-26-22)13-16-30-32(24,25)21-11-9-19(3)10-12-21/h9-12,14,17,20,22H,4-8,13,15-16,18H2,1-3H3/t20-,22+/m1/s1. The molecule has 1 aliphatic rings. The van der Waals surface area contributed by atoms with Gasteiger partial charge in [-0.2, -0.15) is 8.42 Å². The maximum Gasteiger partial charge on any atom is 0.353 e. The molecule has 0 amide bonds. The molecule has 182 valence electrons. The summed E-state index contributed by atoms with van der Waals surface area (Å²) in [6.07, 6.45) is 4.60. The number of ether oxygens (including phenoxy) is 2. The highest BCUT2D eigenvalue weighted by molar-refractivity contribution is 7.86. The molecular formula is C22H35O8PS. The monoisotopic (exact) mass is 490 g/mol. The lowest BCUT2D eigenvalue weighted by Crippen LogP contribution is -2.25. The zero-order valence-corrected chi connectivity index (χ0v) is 20.8. The molecule has 0 saturated carbocycles. The molecule has 1 aromatic carbocycles. The molecular weight excluding hydrogens is 455 g/mol. The van der Waals surface area contributed by atoms with E-state index in [-0.39, 0.29) is 43.5 Å². The highest BCUT2D eigenvalue weighted by Gasteiger charge is 2.22. The summed E-state index contributed by atoms with van der Waals surface area (Å²) in [6, 6.07) is 6.48. The summed E-state index contributed by atoms with van der Waals surface area (Å²) in [4.78, 5) is 0.110. The van der Waals surface area contributed by atoms with Gasteiger partial charge in [-0.1, -0.05) is 23.8 Å². The number of hydrogen-bond acceptors (Lipinski definition) is 8. The van der Waals surface area contributed by atoms with E-state index < -0.39 is 17.7 Å². The van der Waals surface area contributed by atoms with Gasteiger partial charge in [0.05, 0.1) is 31.3 Å². The van der Waals surface area contributed by atoms with E-state index >= 15 is 0 Å². The smallest absolute Gasteiger partial charge is 0.353 e. The van der Waals surface area contributed by atoms with Gasteiger partial charge < -0.3 is 18.5 Å². The van der Waals surface area contributed by atoms with Gasteiger partial charge in [-0.3, -0.25) is 8.75 Å². The van der Waals surface area contributed by atoms with Crippen LogP contribution in [0.15, 0.2) is 41.1 Å². The van der Waals surface area contributed by atoms with E-state index in [4.69, 9.17) is 22.7 Å². The molecule has 32 heavy (non-hydrogen) atoms. The van der Waals surface area contributed by atoms with Gasteiger partial charge in [0, 0.05) is 18.3 Å². The van der Waals surface area contributed by atoms with Crippen LogP contribution in [-0.4, -0.2) is 47.7 Å². The summed E-state index contributed by atoms with van der Waals surface area (Å²) < 4.78 is 64.9. The van der Waals surface area contributed by atoms with Crippen molar-refractivity contribution in [3.63, 3.8) is 0 Å². The Morgan fingerprint density at radius 2 is 1.84 bits per heavy atom. The number of benzene rings is 1. The first-order chi connectivity index (χ1) is 15.3. The summed E-state index contributed by atoms with van der Waals surface area (Å²) in [5.74, 6) is 1.16. The van der Waals surface area contributed by atoms with Crippen molar-refractivity contribution < 1.29 is 35.7 Å². The highest BCUT2D eigenvalue weighted by atomic mass is 32.2. The van der Waals surface area contributed by atoms with Crippen LogP contribution < -0.4 is 0 Å². The second-order valence-electron chi connectivity index (χ2n) is 7.48. The van der Waals surface area contributed by atoms with Crippen LogP contribution in [0.5, 0.6) is 0 Å². The number of hydrogen-bond donors (Lipinski definition) is 0. The van der Waals surface area contributed by atoms with E-state index in [0.717, 1.165) is 24.8 Å². The molecule has 1 saturated heterocycles. The molecule has 0 N–H and O–H groups in total. The van der Waals surface area contributed by atoms with Gasteiger partial charge in [-0.25, -0.2) is 0 Å². The Labute approximate surface area is 191 Å². The molecule has 1 fully saturated rings. The molecule has 2 rings (SSSR count). The first-order valence-corrected chi connectivity index (χ1v) is 14.1. The van der Waals surface area contributed by atoms with E-state index in [1.54, 1.807) is 32.1 Å². The van der Waals surface area contributed by atoms with Gasteiger partial charge >= 0.3 is 7.60 Å². The number of aryl methyl sites for hydroxylation is 1. The maximum absolute atomic E-state index is 12.7. The fraction of sp³-hybridized carbons (Fsp3) is 0.636. The van der Waals surface area contributed by atoms with E-state index in [1.165, 1.54) is 17.9 Å². The molecule has 8 nitrogen and oxygen atoms in total. The minimum Gasteiger partial charge on any atom is -0.353 e. The summed E-state index contributed by atoms with van der Waals surface area (Å²) >= 11 is 0. The van der Waals surface area contributed by atoms with Crippen LogP contribution in [0.3, 0.4) is 0 Å². The molecule has 0 spiro atoms. The third-order valence-electron chi connectivity index (χ3n) is 4.83. The van der Waals surface area contributed by atoms with Crippen molar-refractivity contribution in [2.75, 3.05) is 33.0 Å². The quantitative estimate of drug-likeness (QED) is 0.265. The summed E-state index contributed by atoms with van der Waals surface area (Å²) in [5, 5.41) is 0. The predicted octanol–water partition coefficient (Wildman–Crippen LogP) is 5.03.